The Labute approximate surface area is 159 Å². The van der Waals surface area contributed by atoms with Gasteiger partial charge in [-0.25, -0.2) is 4.79 Å². The van der Waals surface area contributed by atoms with Crippen molar-refractivity contribution in [2.75, 3.05) is 11.7 Å². The topological polar surface area (TPSA) is 115 Å². The van der Waals surface area contributed by atoms with Gasteiger partial charge in [0.05, 0.1) is 6.61 Å². The Balaban J connectivity index is 1.57. The number of anilines is 1. The number of aliphatic hydroxyl groups is 1. The lowest BCUT2D eigenvalue weighted by Crippen LogP contribution is -2.41. The summed E-state index contributed by atoms with van der Waals surface area (Å²) in [4.78, 5) is 25.9. The molecule has 3 N–H and O–H groups in total. The van der Waals surface area contributed by atoms with E-state index in [2.05, 4.69) is 10.1 Å². The molecule has 3 unspecified atom stereocenters. The van der Waals surface area contributed by atoms with Crippen LogP contribution in [0.5, 0.6) is 0 Å². The number of benzene rings is 1. The number of hydrogen-bond acceptors (Lipinski definition) is 7. The van der Waals surface area contributed by atoms with E-state index in [0.29, 0.717) is 5.56 Å². The van der Waals surface area contributed by atoms with E-state index in [-0.39, 0.29) is 6.61 Å². The van der Waals surface area contributed by atoms with Crippen LogP contribution in [-0.4, -0.2) is 39.6 Å². The number of rotatable bonds is 3. The van der Waals surface area contributed by atoms with Gasteiger partial charge in [0, 0.05) is 17.4 Å². The van der Waals surface area contributed by atoms with Crippen molar-refractivity contribution in [2.45, 2.75) is 31.5 Å². The van der Waals surface area contributed by atoms with Crippen molar-refractivity contribution in [2.24, 2.45) is 0 Å². The fraction of sp³-hybridized carbons (Fsp3) is 0.375. The number of aliphatic hydroxyl groups excluding tert-OH is 1. The zero-order valence-corrected chi connectivity index (χ0v) is 16.0. The smallest absolute Gasteiger partial charge is 0.330 e. The molecular formula is C16H18N3O6PS. The number of aryl methyl sites for hydroxylation is 1. The molecule has 2 aromatic rings. The summed E-state index contributed by atoms with van der Waals surface area (Å²) in [5, 5.41) is 13.8. The first-order chi connectivity index (χ1) is 12.9. The van der Waals surface area contributed by atoms with Crippen LogP contribution in [0.15, 0.2) is 46.1 Å². The highest BCUT2D eigenvalue weighted by Gasteiger charge is 2.51. The first-order valence-corrected chi connectivity index (χ1v) is 10.9. The quantitative estimate of drug-likeness (QED) is 0.637. The van der Waals surface area contributed by atoms with Gasteiger partial charge in [0.1, 0.15) is 18.3 Å². The first kappa shape index (κ1) is 18.5. The monoisotopic (exact) mass is 411 g/mol. The molecule has 0 spiro atoms. The van der Waals surface area contributed by atoms with Crippen molar-refractivity contribution in [3.8, 4) is 0 Å². The summed E-state index contributed by atoms with van der Waals surface area (Å²) in [7, 11) is 0. The van der Waals surface area contributed by atoms with Crippen LogP contribution in [-0.2, 0) is 25.6 Å². The Morgan fingerprint density at radius 1 is 1.33 bits per heavy atom. The third kappa shape index (κ3) is 3.52. The standard InChI is InChI=1S/C16H18N3O6PS/c1-9-7-19(16(22)17-14(9)21)15-12(20)13-11(24-15)8-23-26(27,25-13)18-10-5-3-2-4-6-10/h2-7,11-13,15,20H,8H2,1H3,(H,18,27)(H,17,21,22)/t11-,12?,13?,15-,26?/m1/s1. The molecule has 9 nitrogen and oxygen atoms in total. The van der Waals surface area contributed by atoms with Crippen LogP contribution in [0.25, 0.3) is 0 Å². The lowest BCUT2D eigenvalue weighted by atomic mass is 10.1. The van der Waals surface area contributed by atoms with E-state index in [1.54, 1.807) is 6.92 Å². The summed E-state index contributed by atoms with van der Waals surface area (Å²) in [5.41, 5.74) is -0.0793. The Hall–Kier alpha value is -1.81. The van der Waals surface area contributed by atoms with Crippen molar-refractivity contribution in [3.63, 3.8) is 0 Å². The molecule has 0 saturated carbocycles. The summed E-state index contributed by atoms with van der Waals surface area (Å²) in [5.74, 6) is 0. The second-order valence-corrected chi connectivity index (χ2v) is 9.51. The number of aromatic nitrogens is 2. The molecule has 0 aliphatic carbocycles. The molecule has 2 aliphatic heterocycles. The molecule has 2 saturated heterocycles. The molecule has 3 heterocycles. The summed E-state index contributed by atoms with van der Waals surface area (Å²) in [6, 6.07) is 9.25. The number of nitrogens with one attached hydrogen (secondary N) is 2. The average molecular weight is 411 g/mol. The number of H-pyrrole nitrogens is 1. The number of aromatic amines is 1. The first-order valence-electron chi connectivity index (χ1n) is 8.28. The third-order valence-electron chi connectivity index (χ3n) is 4.44. The minimum Gasteiger partial charge on any atom is -0.386 e. The van der Waals surface area contributed by atoms with Gasteiger partial charge >= 0.3 is 5.69 Å². The average Bonchev–Trinajstić information content (AvgIpc) is 2.95. The number of para-hydroxylation sites is 1. The summed E-state index contributed by atoms with van der Waals surface area (Å²) < 4.78 is 18.5. The van der Waals surface area contributed by atoms with E-state index in [1.165, 1.54) is 6.20 Å². The van der Waals surface area contributed by atoms with Crippen LogP contribution in [0.3, 0.4) is 0 Å². The molecular weight excluding hydrogens is 393 g/mol. The number of ether oxygens (including phenoxy) is 1. The van der Waals surface area contributed by atoms with Gasteiger partial charge in [-0.15, -0.1) is 0 Å². The SMILES string of the molecule is Cc1cn([C@@H]2O[C@@H]3COP(=S)(Nc4ccccc4)OC3C2O)c(=O)[nH]c1=O. The molecule has 0 amide bonds. The molecule has 1 aromatic heterocycles. The van der Waals surface area contributed by atoms with E-state index in [0.717, 1.165) is 10.3 Å². The van der Waals surface area contributed by atoms with Crippen molar-refractivity contribution in [1.82, 2.24) is 9.55 Å². The normalized spacial score (nSPS) is 32.8. The molecule has 2 fully saturated rings. The number of nitrogens with zero attached hydrogens (tertiary/aromatic N) is 1. The minimum absolute atomic E-state index is 0.117. The van der Waals surface area contributed by atoms with Crippen LogP contribution in [0, 0.1) is 6.92 Å². The third-order valence-corrected chi connectivity index (χ3v) is 6.83. The van der Waals surface area contributed by atoms with Crippen molar-refractivity contribution < 1.29 is 18.9 Å². The van der Waals surface area contributed by atoms with Crippen LogP contribution in [0.4, 0.5) is 5.69 Å². The van der Waals surface area contributed by atoms with E-state index >= 15 is 0 Å². The minimum atomic E-state index is -2.89. The maximum Gasteiger partial charge on any atom is 0.330 e. The van der Waals surface area contributed by atoms with Crippen LogP contribution in [0.1, 0.15) is 11.8 Å². The predicted octanol–water partition coefficient (Wildman–Crippen LogP) is 0.855. The number of hydrogen-bond donors (Lipinski definition) is 3. The van der Waals surface area contributed by atoms with Crippen molar-refractivity contribution in [3.05, 3.63) is 62.9 Å². The molecule has 27 heavy (non-hydrogen) atoms. The fourth-order valence-corrected chi connectivity index (χ4v) is 5.44. The molecule has 11 heteroatoms. The second-order valence-electron chi connectivity index (χ2n) is 6.38. The highest BCUT2D eigenvalue weighted by Crippen LogP contribution is 2.55. The van der Waals surface area contributed by atoms with Gasteiger partial charge in [-0.2, -0.15) is 0 Å². The molecule has 0 bridgehead atoms. The van der Waals surface area contributed by atoms with Crippen molar-refractivity contribution >= 4 is 24.1 Å². The van der Waals surface area contributed by atoms with Crippen LogP contribution < -0.4 is 16.3 Å². The molecule has 5 atom stereocenters. The largest absolute Gasteiger partial charge is 0.386 e. The van der Waals surface area contributed by atoms with E-state index in [4.69, 9.17) is 25.6 Å². The van der Waals surface area contributed by atoms with Crippen molar-refractivity contribution in [1.29, 1.82) is 0 Å². The fourth-order valence-electron chi connectivity index (χ4n) is 3.08. The molecule has 1 aromatic carbocycles. The maximum atomic E-state index is 12.1. The zero-order chi connectivity index (χ0) is 19.2. The zero-order valence-electron chi connectivity index (χ0n) is 14.3. The second kappa shape index (κ2) is 6.97. The molecule has 0 radical (unpaired) electrons. The van der Waals surface area contributed by atoms with Gasteiger partial charge in [0.15, 0.2) is 6.23 Å². The number of fused-ring (bicyclic) bond motifs is 1. The van der Waals surface area contributed by atoms with E-state index in [1.807, 2.05) is 30.3 Å². The summed E-state index contributed by atoms with van der Waals surface area (Å²) in [6.07, 6.45) is -2.15. The summed E-state index contributed by atoms with van der Waals surface area (Å²) in [6.45, 7) is -1.21. The maximum absolute atomic E-state index is 12.1. The van der Waals surface area contributed by atoms with Gasteiger partial charge in [0.2, 0.25) is 0 Å². The lowest BCUT2D eigenvalue weighted by Gasteiger charge is -2.34. The van der Waals surface area contributed by atoms with Gasteiger partial charge in [-0.05, 0) is 30.9 Å². The molecule has 4 rings (SSSR count). The Bertz CT molecular complexity index is 1010. The van der Waals surface area contributed by atoms with Gasteiger partial charge in [-0.1, -0.05) is 18.2 Å². The Morgan fingerprint density at radius 2 is 2.07 bits per heavy atom. The highest BCUT2D eigenvalue weighted by atomic mass is 32.5. The Morgan fingerprint density at radius 3 is 2.81 bits per heavy atom. The van der Waals surface area contributed by atoms with Gasteiger partial charge in [0.25, 0.3) is 12.2 Å². The van der Waals surface area contributed by atoms with Gasteiger partial charge < -0.3 is 24.0 Å². The molecule has 2 aliphatic rings. The van der Waals surface area contributed by atoms with Gasteiger partial charge in [-0.3, -0.25) is 14.3 Å². The Kier molecular flexibility index (Phi) is 4.79. The van der Waals surface area contributed by atoms with E-state index < -0.39 is 42.4 Å². The highest BCUT2D eigenvalue weighted by molar-refractivity contribution is 8.10. The predicted molar refractivity (Wildman–Crippen MR) is 101 cm³/mol. The van der Waals surface area contributed by atoms with Crippen LogP contribution in [0.2, 0.25) is 0 Å². The molecule has 144 valence electrons. The lowest BCUT2D eigenvalue weighted by molar-refractivity contribution is -0.0573. The van der Waals surface area contributed by atoms with Crippen LogP contribution >= 0.6 is 6.64 Å². The van der Waals surface area contributed by atoms with E-state index in [9.17, 15) is 14.7 Å². The summed E-state index contributed by atoms with van der Waals surface area (Å²) >= 11 is 5.50.